The Balaban J connectivity index is 1.92. The number of para-hydroxylation sites is 1. The molecule has 3 unspecified atom stereocenters. The topological polar surface area (TPSA) is 98.2 Å². The average molecular weight is 535 g/mol. The minimum Gasteiger partial charge on any atom is -0.481 e. The largest absolute Gasteiger partial charge is 0.481 e. The van der Waals surface area contributed by atoms with E-state index in [1.165, 1.54) is 11.8 Å². The van der Waals surface area contributed by atoms with Crippen LogP contribution in [0.4, 0.5) is 5.69 Å². The smallest absolute Gasteiger partial charge is 0.308 e. The number of amides is 2. The lowest BCUT2D eigenvalue weighted by Crippen LogP contribution is -2.60. The molecule has 3 fully saturated rings. The summed E-state index contributed by atoms with van der Waals surface area (Å²) in [5, 5.41) is 20.8. The second-order valence-corrected chi connectivity index (χ2v) is 12.4. The summed E-state index contributed by atoms with van der Waals surface area (Å²) in [7, 11) is 0. The monoisotopic (exact) mass is 534 g/mol. The number of aliphatic carboxylic acids is 1. The first kappa shape index (κ1) is 27.0. The third-order valence-corrected chi connectivity index (χ3v) is 11.0. The summed E-state index contributed by atoms with van der Waals surface area (Å²) in [6.45, 7) is 11.5. The van der Waals surface area contributed by atoms with Crippen molar-refractivity contribution in [1.29, 1.82) is 0 Å². The SMILES string of the molecule is C=CCN(C(=O)C1N([C@@H](CO)[C@@H](C)CC)C(=O)[C@@H]2[C@@H](C(=O)O)[C@H]3CC(C)C12S3)c1c(C)cccc1Cl. The Bertz CT molecular complexity index is 1060. The number of carboxylic acids is 1. The van der Waals surface area contributed by atoms with Crippen molar-refractivity contribution in [3.8, 4) is 0 Å². The average Bonchev–Trinajstić information content (AvgIpc) is 3.42. The van der Waals surface area contributed by atoms with Crippen LogP contribution in [0.1, 0.15) is 39.2 Å². The Hall–Kier alpha value is -2.03. The molecule has 9 heteroatoms. The number of thioether (sulfide) groups is 1. The summed E-state index contributed by atoms with van der Waals surface area (Å²) in [6.07, 6.45) is 2.95. The number of aliphatic hydroxyl groups excluding tert-OH is 1. The fourth-order valence-electron chi connectivity index (χ4n) is 6.73. The molecule has 1 aromatic carbocycles. The number of halogens is 1. The molecule has 3 aliphatic heterocycles. The fourth-order valence-corrected chi connectivity index (χ4v) is 9.44. The number of carbonyl (C=O) groups excluding carboxylic acids is 2. The van der Waals surface area contributed by atoms with Crippen molar-refractivity contribution in [2.24, 2.45) is 23.7 Å². The first-order chi connectivity index (χ1) is 17.1. The van der Waals surface area contributed by atoms with Crippen LogP contribution >= 0.6 is 23.4 Å². The molecule has 2 bridgehead atoms. The molecule has 1 spiro atoms. The van der Waals surface area contributed by atoms with Crippen molar-refractivity contribution in [2.45, 2.75) is 62.6 Å². The molecule has 196 valence electrons. The maximum Gasteiger partial charge on any atom is 0.308 e. The van der Waals surface area contributed by atoms with Gasteiger partial charge in [0, 0.05) is 11.8 Å². The van der Waals surface area contributed by atoms with Gasteiger partial charge < -0.3 is 20.0 Å². The van der Waals surface area contributed by atoms with Crippen LogP contribution in [0.15, 0.2) is 30.9 Å². The third kappa shape index (κ3) is 3.79. The first-order valence-corrected chi connectivity index (χ1v) is 13.8. The van der Waals surface area contributed by atoms with Crippen LogP contribution in [0, 0.1) is 30.6 Å². The van der Waals surface area contributed by atoms with E-state index >= 15 is 0 Å². The molecule has 3 heterocycles. The number of carboxylic acid groups (broad SMARTS) is 1. The lowest BCUT2D eigenvalue weighted by Gasteiger charge is -2.43. The maximum absolute atomic E-state index is 14.7. The lowest BCUT2D eigenvalue weighted by molar-refractivity contribution is -0.150. The van der Waals surface area contributed by atoms with E-state index in [2.05, 4.69) is 6.58 Å². The molecule has 4 rings (SSSR count). The predicted molar refractivity (Wildman–Crippen MR) is 142 cm³/mol. The van der Waals surface area contributed by atoms with Crippen LogP contribution in [-0.2, 0) is 14.4 Å². The van der Waals surface area contributed by atoms with Crippen molar-refractivity contribution in [2.75, 3.05) is 18.1 Å². The summed E-state index contributed by atoms with van der Waals surface area (Å²) in [6, 6.07) is 3.89. The van der Waals surface area contributed by atoms with E-state index in [4.69, 9.17) is 11.6 Å². The van der Waals surface area contributed by atoms with Crippen molar-refractivity contribution < 1.29 is 24.6 Å². The van der Waals surface area contributed by atoms with Crippen LogP contribution < -0.4 is 4.90 Å². The van der Waals surface area contributed by atoms with Crippen molar-refractivity contribution in [1.82, 2.24) is 4.90 Å². The third-order valence-electron chi connectivity index (χ3n) is 8.58. The zero-order valence-corrected chi connectivity index (χ0v) is 22.8. The fraction of sp³-hybridized carbons (Fsp3) is 0.593. The van der Waals surface area contributed by atoms with Gasteiger partial charge in [-0.15, -0.1) is 18.3 Å². The zero-order valence-electron chi connectivity index (χ0n) is 21.2. The van der Waals surface area contributed by atoms with Crippen molar-refractivity contribution in [3.63, 3.8) is 0 Å². The van der Waals surface area contributed by atoms with Gasteiger partial charge in [-0.05, 0) is 36.8 Å². The number of likely N-dealkylation sites (tertiary alicyclic amines) is 1. The number of hydrogen-bond donors (Lipinski definition) is 2. The molecule has 7 nitrogen and oxygen atoms in total. The number of rotatable bonds is 9. The lowest BCUT2D eigenvalue weighted by atomic mass is 9.66. The molecule has 2 amide bonds. The van der Waals surface area contributed by atoms with Crippen LogP contribution in [0.25, 0.3) is 0 Å². The number of carbonyl (C=O) groups is 3. The van der Waals surface area contributed by atoms with Gasteiger partial charge in [-0.1, -0.05) is 57.0 Å². The molecule has 2 N–H and O–H groups in total. The summed E-state index contributed by atoms with van der Waals surface area (Å²) >= 11 is 8.08. The molecule has 3 saturated heterocycles. The molecule has 36 heavy (non-hydrogen) atoms. The standard InChI is InChI=1S/C27H35ClN2O5S/c1-6-11-29(22-15(4)9-8-10-17(22)28)25(33)23-27-16(5)12-19(36-27)20(26(34)35)21(27)24(32)30(23)18(13-31)14(3)7-2/h6,8-10,14,16,18-21,23,31H,1,7,11-13H2,2-5H3,(H,34,35)/t14-,16?,18-,19+,20-,21-,23?,27?/m0/s1. The zero-order chi connectivity index (χ0) is 26.5. The van der Waals surface area contributed by atoms with Crippen LogP contribution in [0.3, 0.4) is 0 Å². The first-order valence-electron chi connectivity index (χ1n) is 12.6. The molecule has 3 aliphatic rings. The minimum absolute atomic E-state index is 0.0507. The number of aliphatic hydroxyl groups is 1. The van der Waals surface area contributed by atoms with Gasteiger partial charge in [-0.2, -0.15) is 0 Å². The molecular formula is C27H35ClN2O5S. The number of aryl methyl sites for hydroxylation is 1. The van der Waals surface area contributed by atoms with Gasteiger partial charge in [0.1, 0.15) is 6.04 Å². The predicted octanol–water partition coefficient (Wildman–Crippen LogP) is 4.00. The Morgan fingerprint density at radius 1 is 1.42 bits per heavy atom. The molecule has 1 aromatic rings. The number of benzene rings is 1. The number of nitrogens with zero attached hydrogens (tertiary/aromatic N) is 2. The highest BCUT2D eigenvalue weighted by molar-refractivity contribution is 8.02. The van der Waals surface area contributed by atoms with E-state index in [-0.39, 0.29) is 42.1 Å². The summed E-state index contributed by atoms with van der Waals surface area (Å²) < 4.78 is -0.892. The number of fused-ring (bicyclic) bond motifs is 1. The molecule has 0 saturated carbocycles. The van der Waals surface area contributed by atoms with E-state index in [1.807, 2.05) is 39.8 Å². The van der Waals surface area contributed by atoms with Gasteiger partial charge in [0.2, 0.25) is 5.91 Å². The Morgan fingerprint density at radius 2 is 2.11 bits per heavy atom. The summed E-state index contributed by atoms with van der Waals surface area (Å²) in [4.78, 5) is 44.3. The van der Waals surface area contributed by atoms with Gasteiger partial charge in [0.05, 0.1) is 39.9 Å². The number of anilines is 1. The Morgan fingerprint density at radius 3 is 2.67 bits per heavy atom. The van der Waals surface area contributed by atoms with Crippen LogP contribution in [0.2, 0.25) is 5.02 Å². The minimum atomic E-state index is -0.998. The van der Waals surface area contributed by atoms with E-state index in [1.54, 1.807) is 21.9 Å². The van der Waals surface area contributed by atoms with Gasteiger partial charge in [0.25, 0.3) is 5.91 Å². The van der Waals surface area contributed by atoms with Gasteiger partial charge in [-0.3, -0.25) is 14.4 Å². The highest BCUT2D eigenvalue weighted by atomic mass is 35.5. The highest BCUT2D eigenvalue weighted by Gasteiger charge is 2.77. The van der Waals surface area contributed by atoms with E-state index in [9.17, 15) is 24.6 Å². The van der Waals surface area contributed by atoms with E-state index < -0.39 is 34.6 Å². The van der Waals surface area contributed by atoms with E-state index in [0.29, 0.717) is 23.6 Å². The molecule has 0 aliphatic carbocycles. The second-order valence-electron chi connectivity index (χ2n) is 10.4. The summed E-state index contributed by atoms with van der Waals surface area (Å²) in [5.74, 6) is -3.46. The maximum atomic E-state index is 14.7. The van der Waals surface area contributed by atoms with Crippen molar-refractivity contribution >= 4 is 46.8 Å². The summed E-state index contributed by atoms with van der Waals surface area (Å²) in [5.41, 5.74) is 1.36. The van der Waals surface area contributed by atoms with Gasteiger partial charge in [-0.25, -0.2) is 0 Å². The quantitative estimate of drug-likeness (QED) is 0.465. The van der Waals surface area contributed by atoms with Gasteiger partial charge >= 0.3 is 5.97 Å². The number of hydrogen-bond acceptors (Lipinski definition) is 5. The highest BCUT2D eigenvalue weighted by Crippen LogP contribution is 2.69. The Labute approximate surface area is 221 Å². The van der Waals surface area contributed by atoms with Crippen LogP contribution in [-0.4, -0.2) is 68.1 Å². The molecule has 0 aromatic heterocycles. The van der Waals surface area contributed by atoms with E-state index in [0.717, 1.165) is 5.56 Å². The van der Waals surface area contributed by atoms with Gasteiger partial charge in [0.15, 0.2) is 0 Å². The molecular weight excluding hydrogens is 500 g/mol. The Kier molecular flexibility index (Phi) is 7.53. The molecule has 0 radical (unpaired) electrons. The van der Waals surface area contributed by atoms with Crippen LogP contribution in [0.5, 0.6) is 0 Å². The van der Waals surface area contributed by atoms with Crippen molar-refractivity contribution in [3.05, 3.63) is 41.4 Å². The normalized spacial score (nSPS) is 32.3. The second kappa shape index (κ2) is 10.0. The molecule has 8 atom stereocenters.